The van der Waals surface area contributed by atoms with Crippen LogP contribution in [0.3, 0.4) is 0 Å². The SMILES string of the molecule is C#CCNc1onc(-c2ccccc2)c1Cl. The first-order valence-corrected chi connectivity index (χ1v) is 5.08. The van der Waals surface area contributed by atoms with Crippen molar-refractivity contribution in [1.82, 2.24) is 5.16 Å². The monoisotopic (exact) mass is 232 g/mol. The summed E-state index contributed by atoms with van der Waals surface area (Å²) in [4.78, 5) is 0. The van der Waals surface area contributed by atoms with E-state index in [4.69, 9.17) is 22.5 Å². The fourth-order valence-electron chi connectivity index (χ4n) is 1.30. The summed E-state index contributed by atoms with van der Waals surface area (Å²) in [6.45, 7) is 0.350. The summed E-state index contributed by atoms with van der Waals surface area (Å²) in [5.41, 5.74) is 1.52. The number of hydrogen-bond acceptors (Lipinski definition) is 3. The molecule has 3 nitrogen and oxygen atoms in total. The van der Waals surface area contributed by atoms with Crippen LogP contribution in [0.25, 0.3) is 11.3 Å². The van der Waals surface area contributed by atoms with Crippen molar-refractivity contribution in [3.05, 3.63) is 35.4 Å². The average molecular weight is 233 g/mol. The van der Waals surface area contributed by atoms with E-state index in [1.807, 2.05) is 30.3 Å². The molecule has 0 radical (unpaired) electrons. The molecule has 2 aromatic rings. The van der Waals surface area contributed by atoms with Crippen molar-refractivity contribution in [2.24, 2.45) is 0 Å². The normalized spacial score (nSPS) is 9.75. The minimum absolute atomic E-state index is 0.350. The van der Waals surface area contributed by atoms with E-state index in [1.165, 1.54) is 0 Å². The lowest BCUT2D eigenvalue weighted by atomic mass is 10.1. The molecular formula is C12H9ClN2O. The standard InChI is InChI=1S/C12H9ClN2O/c1-2-8-14-12-10(13)11(15-16-12)9-6-4-3-5-7-9/h1,3-7,14H,8H2. The van der Waals surface area contributed by atoms with Gasteiger partial charge in [0.05, 0.1) is 6.54 Å². The molecule has 0 aliphatic heterocycles. The van der Waals surface area contributed by atoms with E-state index in [-0.39, 0.29) is 0 Å². The van der Waals surface area contributed by atoms with Gasteiger partial charge in [0.25, 0.3) is 0 Å². The number of rotatable bonds is 3. The minimum atomic E-state index is 0.350. The van der Waals surface area contributed by atoms with Crippen LogP contribution in [0, 0.1) is 12.3 Å². The average Bonchev–Trinajstić information content (AvgIpc) is 2.69. The van der Waals surface area contributed by atoms with Crippen molar-refractivity contribution in [3.8, 4) is 23.6 Å². The Labute approximate surface area is 98.4 Å². The van der Waals surface area contributed by atoms with Crippen molar-refractivity contribution < 1.29 is 4.52 Å². The van der Waals surface area contributed by atoms with Gasteiger partial charge < -0.3 is 9.84 Å². The molecule has 1 heterocycles. The highest BCUT2D eigenvalue weighted by molar-refractivity contribution is 6.35. The van der Waals surface area contributed by atoms with Crippen LogP contribution >= 0.6 is 11.6 Å². The van der Waals surface area contributed by atoms with E-state index in [9.17, 15) is 0 Å². The molecule has 0 amide bonds. The second kappa shape index (κ2) is 4.73. The topological polar surface area (TPSA) is 38.1 Å². The van der Waals surface area contributed by atoms with Gasteiger partial charge in [0.1, 0.15) is 10.7 Å². The largest absolute Gasteiger partial charge is 0.342 e. The maximum absolute atomic E-state index is 6.11. The number of halogens is 1. The van der Waals surface area contributed by atoms with Gasteiger partial charge >= 0.3 is 0 Å². The zero-order valence-electron chi connectivity index (χ0n) is 8.40. The van der Waals surface area contributed by atoms with Gasteiger partial charge in [-0.05, 0) is 0 Å². The minimum Gasteiger partial charge on any atom is -0.342 e. The molecule has 80 valence electrons. The highest BCUT2D eigenvalue weighted by Crippen LogP contribution is 2.32. The fraction of sp³-hybridized carbons (Fsp3) is 0.0833. The van der Waals surface area contributed by atoms with Crippen LogP contribution in [0.4, 0.5) is 5.88 Å². The Bertz CT molecular complexity index is 514. The molecule has 0 aliphatic rings. The molecule has 0 spiro atoms. The first-order valence-electron chi connectivity index (χ1n) is 4.71. The third-order valence-electron chi connectivity index (χ3n) is 2.03. The zero-order valence-corrected chi connectivity index (χ0v) is 9.16. The number of hydrogen-bond donors (Lipinski definition) is 1. The molecule has 0 fully saturated rings. The van der Waals surface area contributed by atoms with Gasteiger partial charge in [-0.3, -0.25) is 0 Å². The lowest BCUT2D eigenvalue weighted by Gasteiger charge is -1.96. The van der Waals surface area contributed by atoms with Gasteiger partial charge in [0.15, 0.2) is 0 Å². The molecule has 2 rings (SSSR count). The first kappa shape index (κ1) is 10.6. The molecule has 1 aromatic heterocycles. The number of nitrogens with one attached hydrogen (secondary N) is 1. The smallest absolute Gasteiger partial charge is 0.244 e. The number of nitrogens with zero attached hydrogens (tertiary/aromatic N) is 1. The van der Waals surface area contributed by atoms with Crippen LogP contribution in [-0.4, -0.2) is 11.7 Å². The predicted octanol–water partition coefficient (Wildman–Crippen LogP) is 3.04. The van der Waals surface area contributed by atoms with E-state index in [0.29, 0.717) is 23.1 Å². The summed E-state index contributed by atoms with van der Waals surface area (Å²) in [7, 11) is 0. The van der Waals surface area contributed by atoms with Crippen LogP contribution in [-0.2, 0) is 0 Å². The Morgan fingerprint density at radius 1 is 1.38 bits per heavy atom. The third kappa shape index (κ3) is 2.02. The molecule has 16 heavy (non-hydrogen) atoms. The van der Waals surface area contributed by atoms with Gasteiger partial charge in [-0.15, -0.1) is 6.42 Å². The highest BCUT2D eigenvalue weighted by atomic mass is 35.5. The number of terminal acetylenes is 1. The molecule has 1 aromatic carbocycles. The van der Waals surface area contributed by atoms with Crippen molar-refractivity contribution in [2.45, 2.75) is 0 Å². The van der Waals surface area contributed by atoms with Gasteiger partial charge in [0.2, 0.25) is 5.88 Å². The Kier molecular flexibility index (Phi) is 3.13. The number of benzene rings is 1. The summed E-state index contributed by atoms with van der Waals surface area (Å²) in [6, 6.07) is 9.57. The Hall–Kier alpha value is -1.92. The van der Waals surface area contributed by atoms with E-state index < -0.39 is 0 Å². The fourth-order valence-corrected chi connectivity index (χ4v) is 1.54. The molecule has 0 saturated heterocycles. The van der Waals surface area contributed by atoms with Crippen LogP contribution < -0.4 is 5.32 Å². The Morgan fingerprint density at radius 3 is 2.81 bits per heavy atom. The second-order valence-electron chi connectivity index (χ2n) is 3.10. The van der Waals surface area contributed by atoms with Gasteiger partial charge in [-0.25, -0.2) is 0 Å². The van der Waals surface area contributed by atoms with Gasteiger partial charge in [-0.2, -0.15) is 0 Å². The molecule has 1 N–H and O–H groups in total. The van der Waals surface area contributed by atoms with E-state index in [1.54, 1.807) is 0 Å². The van der Waals surface area contributed by atoms with Crippen molar-refractivity contribution in [2.75, 3.05) is 11.9 Å². The molecule has 0 aliphatic carbocycles. The Morgan fingerprint density at radius 2 is 2.12 bits per heavy atom. The van der Waals surface area contributed by atoms with Crippen LogP contribution in [0.5, 0.6) is 0 Å². The van der Waals surface area contributed by atoms with E-state index in [0.717, 1.165) is 5.56 Å². The molecule has 4 heteroatoms. The highest BCUT2D eigenvalue weighted by Gasteiger charge is 2.14. The second-order valence-corrected chi connectivity index (χ2v) is 3.48. The third-order valence-corrected chi connectivity index (χ3v) is 2.38. The van der Waals surface area contributed by atoms with Crippen molar-refractivity contribution >= 4 is 17.5 Å². The lowest BCUT2D eigenvalue weighted by molar-refractivity contribution is 0.436. The molecular weight excluding hydrogens is 224 g/mol. The predicted molar refractivity (Wildman–Crippen MR) is 64.3 cm³/mol. The van der Waals surface area contributed by atoms with Crippen LogP contribution in [0.1, 0.15) is 0 Å². The maximum Gasteiger partial charge on any atom is 0.244 e. The summed E-state index contributed by atoms with van der Waals surface area (Å²) in [6.07, 6.45) is 5.13. The lowest BCUT2D eigenvalue weighted by Crippen LogP contribution is -1.96. The summed E-state index contributed by atoms with van der Waals surface area (Å²) < 4.78 is 5.06. The first-order chi connectivity index (χ1) is 7.83. The Balaban J connectivity index is 2.31. The van der Waals surface area contributed by atoms with Crippen LogP contribution in [0.15, 0.2) is 34.9 Å². The van der Waals surface area contributed by atoms with E-state index in [2.05, 4.69) is 16.4 Å². The molecule has 0 bridgehead atoms. The molecule has 0 unspecified atom stereocenters. The van der Waals surface area contributed by atoms with Gasteiger partial charge in [-0.1, -0.05) is 53.0 Å². The molecule has 0 saturated carbocycles. The molecule has 0 atom stereocenters. The summed E-state index contributed by atoms with van der Waals surface area (Å²) >= 11 is 6.11. The number of anilines is 1. The zero-order chi connectivity index (χ0) is 11.4. The number of aromatic nitrogens is 1. The van der Waals surface area contributed by atoms with Gasteiger partial charge in [0, 0.05) is 5.56 Å². The quantitative estimate of drug-likeness (QED) is 0.827. The van der Waals surface area contributed by atoms with Crippen molar-refractivity contribution in [3.63, 3.8) is 0 Å². The summed E-state index contributed by atoms with van der Waals surface area (Å²) in [5.74, 6) is 2.84. The van der Waals surface area contributed by atoms with E-state index >= 15 is 0 Å². The summed E-state index contributed by atoms with van der Waals surface area (Å²) in [5, 5.41) is 7.20. The maximum atomic E-state index is 6.11. The van der Waals surface area contributed by atoms with Crippen LogP contribution in [0.2, 0.25) is 5.02 Å². The van der Waals surface area contributed by atoms with Crippen molar-refractivity contribution in [1.29, 1.82) is 0 Å².